The monoisotopic (exact) mass is 578 g/mol. The number of anilines is 1. The predicted octanol–water partition coefficient (Wildman–Crippen LogP) is 2.58. The number of para-hydroxylation sites is 1. The number of rotatable bonds is 4. The lowest BCUT2D eigenvalue weighted by atomic mass is 10.0. The number of amides is 1. The van der Waals surface area contributed by atoms with Crippen molar-refractivity contribution in [2.45, 2.75) is 19.4 Å². The number of hydrogen-bond acceptors (Lipinski definition) is 4. The fourth-order valence-electron chi connectivity index (χ4n) is 2.86. The number of pyridine rings is 1. The molecular weight excluding hydrogens is 562 g/mol. The van der Waals surface area contributed by atoms with Gasteiger partial charge < -0.3 is 14.2 Å². The smallest absolute Gasteiger partial charge is 0.326 e. The third-order valence-corrected chi connectivity index (χ3v) is 5.61. The Morgan fingerprint density at radius 2 is 1.81 bits per heavy atom. The number of fused-ring (bicyclic) bond motifs is 1. The van der Waals surface area contributed by atoms with Crippen LogP contribution in [0.25, 0.3) is 0 Å². The summed E-state index contributed by atoms with van der Waals surface area (Å²) >= 11 is 3.87. The van der Waals surface area contributed by atoms with Crippen molar-refractivity contribution in [1.29, 1.82) is 0 Å². The molecule has 136 valence electrons. The van der Waals surface area contributed by atoms with Crippen LogP contribution < -0.4 is 10.3 Å². The molecule has 0 fully saturated rings. The lowest BCUT2D eigenvalue weighted by Crippen LogP contribution is -2.38. The first-order valence-corrected chi connectivity index (χ1v) is 10.2. The molecule has 0 N–H and O–H groups in total. The minimum Gasteiger partial charge on any atom is -0.454 e. The van der Waals surface area contributed by atoms with Crippen molar-refractivity contribution >= 4 is 62.7 Å². The molecule has 8 heteroatoms. The van der Waals surface area contributed by atoms with Crippen LogP contribution in [-0.4, -0.2) is 29.6 Å². The molecule has 1 aromatic heterocycles. The van der Waals surface area contributed by atoms with Crippen molar-refractivity contribution in [1.82, 2.24) is 4.57 Å². The third-order valence-electron chi connectivity index (χ3n) is 4.07. The number of esters is 1. The van der Waals surface area contributed by atoms with Crippen LogP contribution in [0.15, 0.2) is 41.5 Å². The molecule has 1 aromatic carbocycles. The van der Waals surface area contributed by atoms with Gasteiger partial charge in [0.1, 0.15) is 6.54 Å². The van der Waals surface area contributed by atoms with Gasteiger partial charge in [0.25, 0.3) is 5.91 Å². The maximum Gasteiger partial charge on any atom is 0.326 e. The quantitative estimate of drug-likeness (QED) is 0.414. The highest BCUT2D eigenvalue weighted by Gasteiger charge is 2.23. The zero-order valence-corrected chi connectivity index (χ0v) is 18.1. The van der Waals surface area contributed by atoms with Gasteiger partial charge in [0.15, 0.2) is 6.61 Å². The summed E-state index contributed by atoms with van der Waals surface area (Å²) in [6, 6.07) is 7.79. The average molecular weight is 578 g/mol. The first kappa shape index (κ1) is 19.3. The second kappa shape index (κ2) is 8.51. The number of benzene rings is 1. The van der Waals surface area contributed by atoms with E-state index in [0.717, 1.165) is 24.1 Å². The molecule has 0 saturated heterocycles. The van der Waals surface area contributed by atoms with Crippen molar-refractivity contribution < 1.29 is 14.3 Å². The van der Waals surface area contributed by atoms with Crippen LogP contribution in [0.4, 0.5) is 5.69 Å². The standard InChI is InChI=1S/C18H16I2N2O4/c19-13-8-21(9-14(20)18(13)25)10-17(24)26-11-16(23)22-7-3-5-12-4-1-2-6-15(12)22/h1-2,4,6,8-9H,3,5,7,10-11H2. The lowest BCUT2D eigenvalue weighted by molar-refractivity contribution is -0.148. The van der Waals surface area contributed by atoms with Crippen LogP contribution in [0, 0.1) is 7.14 Å². The second-order valence-electron chi connectivity index (χ2n) is 5.89. The minimum absolute atomic E-state index is 0.0455. The summed E-state index contributed by atoms with van der Waals surface area (Å²) in [6.07, 6.45) is 5.03. The number of halogens is 2. The van der Waals surface area contributed by atoms with E-state index in [0.29, 0.717) is 13.7 Å². The highest BCUT2D eigenvalue weighted by Crippen LogP contribution is 2.26. The Morgan fingerprint density at radius 1 is 1.12 bits per heavy atom. The summed E-state index contributed by atoms with van der Waals surface area (Å²) in [7, 11) is 0. The van der Waals surface area contributed by atoms with Gasteiger partial charge in [-0.1, -0.05) is 18.2 Å². The molecule has 1 amide bonds. The molecule has 3 rings (SSSR count). The van der Waals surface area contributed by atoms with Crippen LogP contribution in [-0.2, 0) is 27.3 Å². The summed E-state index contributed by atoms with van der Waals surface area (Å²) < 4.78 is 7.80. The molecule has 0 unspecified atom stereocenters. The number of nitrogens with zero attached hydrogens (tertiary/aromatic N) is 2. The van der Waals surface area contributed by atoms with Gasteiger partial charge in [-0.05, 0) is 69.7 Å². The number of aromatic nitrogens is 1. The summed E-state index contributed by atoms with van der Waals surface area (Å²) in [5, 5.41) is 0. The normalized spacial score (nSPS) is 13.2. The molecule has 6 nitrogen and oxygen atoms in total. The largest absolute Gasteiger partial charge is 0.454 e. The summed E-state index contributed by atoms with van der Waals surface area (Å²) in [4.78, 5) is 37.9. The fraction of sp³-hybridized carbons (Fsp3) is 0.278. The molecule has 2 heterocycles. The average Bonchev–Trinajstić information content (AvgIpc) is 2.63. The summed E-state index contributed by atoms with van der Waals surface area (Å²) in [5.74, 6) is -0.742. The van der Waals surface area contributed by atoms with Crippen molar-refractivity contribution in [3.05, 3.63) is 59.6 Å². The number of hydrogen-bond donors (Lipinski definition) is 0. The Labute approximate surface area is 177 Å². The third kappa shape index (κ3) is 4.45. The molecular formula is C18H16I2N2O4. The van der Waals surface area contributed by atoms with E-state index < -0.39 is 5.97 Å². The Bertz CT molecular complexity index is 884. The zero-order valence-electron chi connectivity index (χ0n) is 13.8. The van der Waals surface area contributed by atoms with Crippen molar-refractivity contribution in [3.63, 3.8) is 0 Å². The van der Waals surface area contributed by atoms with Gasteiger partial charge in [0.2, 0.25) is 5.43 Å². The van der Waals surface area contributed by atoms with Crippen LogP contribution in [0.2, 0.25) is 0 Å². The van der Waals surface area contributed by atoms with E-state index in [1.807, 2.05) is 69.4 Å². The minimum atomic E-state index is -0.515. The summed E-state index contributed by atoms with van der Waals surface area (Å²) in [6.45, 7) is 0.293. The van der Waals surface area contributed by atoms with E-state index in [4.69, 9.17) is 4.74 Å². The van der Waals surface area contributed by atoms with Gasteiger partial charge in [0, 0.05) is 24.6 Å². The molecule has 26 heavy (non-hydrogen) atoms. The lowest BCUT2D eigenvalue weighted by Gasteiger charge is -2.29. The maximum atomic E-state index is 12.5. The Kier molecular flexibility index (Phi) is 6.33. The molecule has 0 radical (unpaired) electrons. The number of aryl methyl sites for hydroxylation is 1. The number of carbonyl (C=O) groups excluding carboxylic acids is 2. The number of carbonyl (C=O) groups is 2. The van der Waals surface area contributed by atoms with E-state index in [2.05, 4.69) is 0 Å². The van der Waals surface area contributed by atoms with Crippen LogP contribution in [0.5, 0.6) is 0 Å². The number of ether oxygens (including phenoxy) is 1. The molecule has 0 saturated carbocycles. The van der Waals surface area contributed by atoms with E-state index in [-0.39, 0.29) is 24.5 Å². The second-order valence-corrected chi connectivity index (χ2v) is 8.22. The van der Waals surface area contributed by atoms with Gasteiger partial charge in [-0.3, -0.25) is 14.4 Å². The van der Waals surface area contributed by atoms with Gasteiger partial charge in [0.05, 0.1) is 7.14 Å². The summed E-state index contributed by atoms with van der Waals surface area (Å²) in [5.41, 5.74) is 1.97. The van der Waals surface area contributed by atoms with E-state index in [9.17, 15) is 14.4 Å². The van der Waals surface area contributed by atoms with E-state index in [1.165, 1.54) is 0 Å². The Hall–Kier alpha value is -1.43. The zero-order chi connectivity index (χ0) is 18.7. The van der Waals surface area contributed by atoms with Crippen LogP contribution in [0.3, 0.4) is 0 Å². The first-order valence-electron chi connectivity index (χ1n) is 8.04. The Morgan fingerprint density at radius 3 is 2.54 bits per heavy atom. The van der Waals surface area contributed by atoms with E-state index in [1.54, 1.807) is 21.9 Å². The van der Waals surface area contributed by atoms with E-state index >= 15 is 0 Å². The molecule has 0 atom stereocenters. The maximum absolute atomic E-state index is 12.5. The highest BCUT2D eigenvalue weighted by molar-refractivity contribution is 14.1. The van der Waals surface area contributed by atoms with Gasteiger partial charge in [-0.15, -0.1) is 0 Å². The van der Waals surface area contributed by atoms with Crippen molar-refractivity contribution in [2.75, 3.05) is 18.1 Å². The molecule has 0 bridgehead atoms. The van der Waals surface area contributed by atoms with Gasteiger partial charge in [-0.2, -0.15) is 0 Å². The Balaban J connectivity index is 1.60. The van der Waals surface area contributed by atoms with Crippen molar-refractivity contribution in [2.24, 2.45) is 0 Å². The van der Waals surface area contributed by atoms with Crippen LogP contribution in [0.1, 0.15) is 12.0 Å². The molecule has 2 aromatic rings. The van der Waals surface area contributed by atoms with Gasteiger partial charge in [-0.25, -0.2) is 0 Å². The van der Waals surface area contributed by atoms with Crippen molar-refractivity contribution in [3.8, 4) is 0 Å². The first-order chi connectivity index (χ1) is 12.5. The topological polar surface area (TPSA) is 68.6 Å². The molecule has 0 spiro atoms. The fourth-order valence-corrected chi connectivity index (χ4v) is 4.67. The predicted molar refractivity (Wildman–Crippen MR) is 114 cm³/mol. The SMILES string of the molecule is O=C(Cn1cc(I)c(=O)c(I)c1)OCC(=O)N1CCCc2ccccc21. The highest BCUT2D eigenvalue weighted by atomic mass is 127. The molecule has 0 aliphatic carbocycles. The molecule has 1 aliphatic heterocycles. The molecule has 1 aliphatic rings. The van der Waals surface area contributed by atoms with Crippen LogP contribution >= 0.6 is 45.2 Å². The van der Waals surface area contributed by atoms with Gasteiger partial charge >= 0.3 is 5.97 Å².